The second kappa shape index (κ2) is 10.4. The standard InChI is InChI=1S/C22H24F2N4O6/c1-22(2,3)18(29)15(33-21(25)30)10-17-27-19(28-34-17)12-4-6-13(7-5-12)31-16-9-8-14(11-26-16)32-20(23)24/h4-9,11,15,18,20,29H,10H2,1-3H3,(H2,25,30)/t15-,18?/m0/s1. The molecule has 182 valence electrons. The molecule has 1 amide bonds. The quantitative estimate of drug-likeness (QED) is 0.467. The van der Waals surface area contributed by atoms with Crippen molar-refractivity contribution in [3.8, 4) is 28.8 Å². The van der Waals surface area contributed by atoms with Gasteiger partial charge in [0.2, 0.25) is 17.6 Å². The Balaban J connectivity index is 1.66. The molecule has 0 spiro atoms. The second-order valence-electron chi connectivity index (χ2n) is 8.34. The van der Waals surface area contributed by atoms with Gasteiger partial charge >= 0.3 is 12.7 Å². The Morgan fingerprint density at radius 1 is 1.15 bits per heavy atom. The van der Waals surface area contributed by atoms with Crippen molar-refractivity contribution in [3.63, 3.8) is 0 Å². The summed E-state index contributed by atoms with van der Waals surface area (Å²) >= 11 is 0. The summed E-state index contributed by atoms with van der Waals surface area (Å²) < 4.78 is 44.5. The van der Waals surface area contributed by atoms with E-state index in [-0.39, 0.29) is 29.8 Å². The Bertz CT molecular complexity index is 1080. The van der Waals surface area contributed by atoms with Crippen LogP contribution in [0.3, 0.4) is 0 Å². The SMILES string of the molecule is CC(C)(C)C(O)[C@H](Cc1nc(-c2ccc(Oc3ccc(OC(F)F)cn3)cc2)no1)OC(N)=O. The minimum atomic E-state index is -2.93. The number of nitrogens with zero attached hydrogens (tertiary/aromatic N) is 3. The molecule has 3 rings (SSSR count). The lowest BCUT2D eigenvalue weighted by Crippen LogP contribution is -2.42. The van der Waals surface area contributed by atoms with E-state index < -0.39 is 30.3 Å². The van der Waals surface area contributed by atoms with Crippen molar-refractivity contribution in [3.05, 3.63) is 48.5 Å². The number of aromatic nitrogens is 3. The maximum atomic E-state index is 12.2. The molecule has 0 saturated carbocycles. The number of ether oxygens (including phenoxy) is 3. The molecule has 0 bridgehead atoms. The molecule has 12 heteroatoms. The number of nitrogens with two attached hydrogens (primary N) is 1. The van der Waals surface area contributed by atoms with Gasteiger partial charge in [-0.3, -0.25) is 0 Å². The van der Waals surface area contributed by atoms with Crippen LogP contribution in [0.1, 0.15) is 26.7 Å². The van der Waals surface area contributed by atoms with Gasteiger partial charge in [-0.15, -0.1) is 0 Å². The molecule has 0 aliphatic heterocycles. The van der Waals surface area contributed by atoms with Gasteiger partial charge in [0.05, 0.1) is 18.7 Å². The summed E-state index contributed by atoms with van der Waals surface area (Å²) in [6.07, 6.45) is -1.90. The number of primary amides is 1. The van der Waals surface area contributed by atoms with Gasteiger partial charge in [-0.25, -0.2) is 9.78 Å². The van der Waals surface area contributed by atoms with Crippen LogP contribution in [0.4, 0.5) is 13.6 Å². The number of hydrogen-bond donors (Lipinski definition) is 2. The van der Waals surface area contributed by atoms with Crippen LogP contribution in [0.15, 0.2) is 47.1 Å². The van der Waals surface area contributed by atoms with Gasteiger partial charge in [-0.2, -0.15) is 13.8 Å². The van der Waals surface area contributed by atoms with E-state index in [0.717, 1.165) is 6.20 Å². The van der Waals surface area contributed by atoms with Crippen molar-refractivity contribution in [1.82, 2.24) is 15.1 Å². The van der Waals surface area contributed by atoms with E-state index in [1.807, 2.05) is 0 Å². The van der Waals surface area contributed by atoms with Crippen molar-refractivity contribution < 1.29 is 37.4 Å². The lowest BCUT2D eigenvalue weighted by molar-refractivity contribution is -0.0510. The Hall–Kier alpha value is -3.80. The van der Waals surface area contributed by atoms with Gasteiger partial charge in [0, 0.05) is 11.6 Å². The number of halogens is 2. The predicted octanol–water partition coefficient (Wildman–Crippen LogP) is 3.94. The highest BCUT2D eigenvalue weighted by atomic mass is 19.3. The van der Waals surface area contributed by atoms with Gasteiger partial charge in [0.1, 0.15) is 17.6 Å². The minimum absolute atomic E-state index is 0.0213. The number of amides is 1. The third-order valence-corrected chi connectivity index (χ3v) is 4.62. The number of benzene rings is 1. The largest absolute Gasteiger partial charge is 0.443 e. The van der Waals surface area contributed by atoms with Crippen LogP contribution in [-0.4, -0.2) is 45.1 Å². The molecular formula is C22H24F2N4O6. The summed E-state index contributed by atoms with van der Waals surface area (Å²) in [5.41, 5.74) is 5.16. The molecule has 34 heavy (non-hydrogen) atoms. The van der Waals surface area contributed by atoms with E-state index in [9.17, 15) is 18.7 Å². The molecule has 0 aliphatic rings. The molecule has 3 N–H and O–H groups in total. The summed E-state index contributed by atoms with van der Waals surface area (Å²) in [6.45, 7) is 2.44. The molecule has 1 unspecified atom stereocenters. The van der Waals surface area contributed by atoms with Gasteiger partial charge in [0.25, 0.3) is 0 Å². The Morgan fingerprint density at radius 3 is 2.38 bits per heavy atom. The maximum Gasteiger partial charge on any atom is 0.404 e. The van der Waals surface area contributed by atoms with Crippen LogP contribution in [0.5, 0.6) is 17.4 Å². The molecule has 0 aliphatic carbocycles. The Kier molecular flexibility index (Phi) is 7.61. The van der Waals surface area contributed by atoms with Crippen LogP contribution < -0.4 is 15.2 Å². The zero-order valence-electron chi connectivity index (χ0n) is 18.6. The molecule has 0 radical (unpaired) electrons. The third-order valence-electron chi connectivity index (χ3n) is 4.62. The van der Waals surface area contributed by atoms with Crippen molar-refractivity contribution >= 4 is 6.09 Å². The molecule has 10 nitrogen and oxygen atoms in total. The third kappa shape index (κ3) is 6.85. The average molecular weight is 478 g/mol. The molecular weight excluding hydrogens is 454 g/mol. The first kappa shape index (κ1) is 24.8. The van der Waals surface area contributed by atoms with Gasteiger partial charge in [-0.1, -0.05) is 25.9 Å². The smallest absolute Gasteiger partial charge is 0.404 e. The first-order valence-corrected chi connectivity index (χ1v) is 10.2. The molecule has 2 heterocycles. The zero-order chi connectivity index (χ0) is 24.9. The van der Waals surface area contributed by atoms with Gasteiger partial charge < -0.3 is 29.6 Å². The highest BCUT2D eigenvalue weighted by Crippen LogP contribution is 2.27. The highest BCUT2D eigenvalue weighted by molar-refractivity contribution is 5.65. The molecule has 0 fully saturated rings. The number of hydrogen-bond acceptors (Lipinski definition) is 9. The number of carbonyl (C=O) groups is 1. The monoisotopic (exact) mass is 478 g/mol. The number of rotatable bonds is 9. The normalized spacial score (nSPS) is 13.4. The van der Waals surface area contributed by atoms with E-state index in [4.69, 9.17) is 19.7 Å². The lowest BCUT2D eigenvalue weighted by atomic mass is 9.85. The predicted molar refractivity (Wildman–Crippen MR) is 114 cm³/mol. The summed E-state index contributed by atoms with van der Waals surface area (Å²) in [4.78, 5) is 19.4. The van der Waals surface area contributed by atoms with Crippen molar-refractivity contribution in [2.45, 2.75) is 46.0 Å². The summed E-state index contributed by atoms with van der Waals surface area (Å²) in [7, 11) is 0. The van der Waals surface area contributed by atoms with Crippen LogP contribution in [0.25, 0.3) is 11.4 Å². The molecule has 2 atom stereocenters. The molecule has 3 aromatic rings. The number of pyridine rings is 1. The number of carbonyl (C=O) groups excluding carboxylic acids is 1. The zero-order valence-corrected chi connectivity index (χ0v) is 18.6. The van der Waals surface area contributed by atoms with Crippen LogP contribution in [0.2, 0.25) is 0 Å². The molecule has 1 aromatic carbocycles. The van der Waals surface area contributed by atoms with E-state index in [0.29, 0.717) is 11.3 Å². The summed E-state index contributed by atoms with van der Waals surface area (Å²) in [5.74, 6) is 0.973. The Labute approximate surface area is 193 Å². The van der Waals surface area contributed by atoms with Crippen molar-refractivity contribution in [2.75, 3.05) is 0 Å². The average Bonchev–Trinajstić information content (AvgIpc) is 3.22. The molecule has 0 saturated heterocycles. The second-order valence-corrected chi connectivity index (χ2v) is 8.34. The van der Waals surface area contributed by atoms with E-state index in [2.05, 4.69) is 19.9 Å². The van der Waals surface area contributed by atoms with Crippen molar-refractivity contribution in [2.24, 2.45) is 11.1 Å². The first-order chi connectivity index (χ1) is 16.0. The topological polar surface area (TPSA) is 143 Å². The van der Waals surface area contributed by atoms with Gasteiger partial charge in [0.15, 0.2) is 0 Å². The minimum Gasteiger partial charge on any atom is -0.443 e. The summed E-state index contributed by atoms with van der Waals surface area (Å²) in [6, 6.07) is 9.35. The van der Waals surface area contributed by atoms with E-state index >= 15 is 0 Å². The maximum absolute atomic E-state index is 12.2. The van der Waals surface area contributed by atoms with Crippen LogP contribution in [0, 0.1) is 5.41 Å². The van der Waals surface area contributed by atoms with Crippen LogP contribution in [-0.2, 0) is 11.2 Å². The number of aliphatic hydroxyl groups is 1. The Morgan fingerprint density at radius 2 is 1.82 bits per heavy atom. The van der Waals surface area contributed by atoms with E-state index in [1.54, 1.807) is 45.0 Å². The molecule has 2 aromatic heterocycles. The van der Waals surface area contributed by atoms with Gasteiger partial charge in [-0.05, 0) is 35.7 Å². The fraction of sp³-hybridized carbons (Fsp3) is 0.364. The lowest BCUT2D eigenvalue weighted by Gasteiger charge is -2.31. The van der Waals surface area contributed by atoms with E-state index in [1.165, 1.54) is 12.1 Å². The highest BCUT2D eigenvalue weighted by Gasteiger charge is 2.34. The fourth-order valence-electron chi connectivity index (χ4n) is 2.94. The first-order valence-electron chi connectivity index (χ1n) is 10.2. The fourth-order valence-corrected chi connectivity index (χ4v) is 2.94. The number of alkyl halides is 2. The van der Waals surface area contributed by atoms with Crippen molar-refractivity contribution in [1.29, 1.82) is 0 Å². The van der Waals surface area contributed by atoms with Crippen LogP contribution >= 0.6 is 0 Å². The summed E-state index contributed by atoms with van der Waals surface area (Å²) in [5, 5.41) is 14.4. The number of aliphatic hydroxyl groups excluding tert-OH is 1.